The molecule has 6 heteroatoms. The maximum Gasteiger partial charge on any atom is 0.266 e. The summed E-state index contributed by atoms with van der Waals surface area (Å²) in [6.07, 6.45) is -2.49. The van der Waals surface area contributed by atoms with Crippen LogP contribution < -0.4 is 0 Å². The number of pyridine rings is 1. The third-order valence-corrected chi connectivity index (χ3v) is 3.58. The molecule has 1 rings (SSSR count). The van der Waals surface area contributed by atoms with Crippen LogP contribution in [0.5, 0.6) is 0 Å². The van der Waals surface area contributed by atoms with E-state index in [1.165, 1.54) is 6.07 Å². The van der Waals surface area contributed by atoms with Gasteiger partial charge in [-0.1, -0.05) is 15.9 Å². The molecule has 0 amide bonds. The van der Waals surface area contributed by atoms with Crippen molar-refractivity contribution in [1.82, 2.24) is 4.98 Å². The van der Waals surface area contributed by atoms with Crippen LogP contribution >= 0.6 is 54.5 Å². The second kappa shape index (κ2) is 4.97. The second-order valence-electron chi connectivity index (χ2n) is 2.25. The van der Waals surface area contributed by atoms with E-state index in [0.29, 0.717) is 5.33 Å². The molecule has 0 bridgehead atoms. The number of nitrogens with zero attached hydrogens (tertiary/aromatic N) is 1. The van der Waals surface area contributed by atoms with Crippen LogP contribution in [0.1, 0.15) is 17.6 Å². The van der Waals surface area contributed by atoms with E-state index >= 15 is 0 Å². The van der Waals surface area contributed by atoms with Crippen molar-refractivity contribution in [3.8, 4) is 0 Å². The predicted octanol–water partition coefficient (Wildman–Crippen LogP) is 4.28. The Bertz CT molecular complexity index is 320. The van der Waals surface area contributed by atoms with Crippen molar-refractivity contribution in [2.75, 3.05) is 0 Å². The van der Waals surface area contributed by atoms with Crippen LogP contribution in [0.3, 0.4) is 0 Å². The SMILES string of the molecule is FC(F)c1cc(CBr)c(I)nc1Br. The Morgan fingerprint density at radius 3 is 2.62 bits per heavy atom. The first-order chi connectivity index (χ1) is 6.06. The number of alkyl halides is 3. The Labute approximate surface area is 105 Å². The summed E-state index contributed by atoms with van der Waals surface area (Å²) in [5, 5.41) is 0.533. The Hall–Kier alpha value is 0.700. The van der Waals surface area contributed by atoms with Crippen LogP contribution in [0.4, 0.5) is 8.78 Å². The summed E-state index contributed by atoms with van der Waals surface area (Å²) < 4.78 is 25.7. The summed E-state index contributed by atoms with van der Waals surface area (Å²) in [6, 6.07) is 1.46. The molecule has 0 saturated carbocycles. The van der Waals surface area contributed by atoms with Gasteiger partial charge in [0.05, 0.1) is 5.56 Å². The molecule has 1 aromatic heterocycles. The molecule has 0 atom stereocenters. The molecule has 0 aliphatic heterocycles. The first-order valence-corrected chi connectivity index (χ1v) is 6.24. The van der Waals surface area contributed by atoms with Crippen molar-refractivity contribution in [3.63, 3.8) is 0 Å². The molecule has 0 spiro atoms. The summed E-state index contributed by atoms with van der Waals surface area (Å²) >= 11 is 8.22. The van der Waals surface area contributed by atoms with Crippen molar-refractivity contribution in [2.45, 2.75) is 11.8 Å². The van der Waals surface area contributed by atoms with E-state index in [1.54, 1.807) is 0 Å². The average Bonchev–Trinajstić information content (AvgIpc) is 2.03. The Kier molecular flexibility index (Phi) is 4.50. The molecular weight excluding hydrogens is 423 g/mol. The summed E-state index contributed by atoms with van der Waals surface area (Å²) in [4.78, 5) is 3.96. The number of hydrogen-bond acceptors (Lipinski definition) is 1. The highest BCUT2D eigenvalue weighted by Crippen LogP contribution is 2.29. The molecule has 0 aromatic carbocycles. The summed E-state index contributed by atoms with van der Waals surface area (Å²) in [6.45, 7) is 0. The van der Waals surface area contributed by atoms with Crippen LogP contribution in [0.2, 0.25) is 0 Å². The van der Waals surface area contributed by atoms with Gasteiger partial charge in [-0.25, -0.2) is 13.8 Å². The van der Waals surface area contributed by atoms with Crippen molar-refractivity contribution < 1.29 is 8.78 Å². The van der Waals surface area contributed by atoms with E-state index in [1.807, 2.05) is 22.6 Å². The summed E-state index contributed by atoms with van der Waals surface area (Å²) in [5.74, 6) is 0. The Morgan fingerprint density at radius 2 is 2.15 bits per heavy atom. The molecule has 0 aliphatic rings. The average molecular weight is 427 g/mol. The van der Waals surface area contributed by atoms with Gasteiger partial charge in [0, 0.05) is 5.33 Å². The molecule has 1 nitrogen and oxygen atoms in total. The van der Waals surface area contributed by atoms with Crippen LogP contribution in [0.25, 0.3) is 0 Å². The molecule has 0 unspecified atom stereocenters. The first kappa shape index (κ1) is 11.8. The van der Waals surface area contributed by atoms with Gasteiger partial charge < -0.3 is 0 Å². The lowest BCUT2D eigenvalue weighted by Crippen LogP contribution is -1.96. The lowest BCUT2D eigenvalue weighted by Gasteiger charge is -2.06. The van der Waals surface area contributed by atoms with E-state index in [0.717, 1.165) is 9.26 Å². The normalized spacial score (nSPS) is 10.9. The van der Waals surface area contributed by atoms with Crippen LogP contribution in [-0.2, 0) is 5.33 Å². The minimum Gasteiger partial charge on any atom is -0.234 e. The molecule has 0 aliphatic carbocycles. The molecule has 0 N–H and O–H groups in total. The third-order valence-electron chi connectivity index (χ3n) is 1.41. The van der Waals surface area contributed by atoms with Gasteiger partial charge in [0.1, 0.15) is 8.30 Å². The zero-order valence-corrected chi connectivity index (χ0v) is 11.5. The van der Waals surface area contributed by atoms with Crippen LogP contribution in [-0.4, -0.2) is 4.98 Å². The highest BCUT2D eigenvalue weighted by Gasteiger charge is 2.15. The van der Waals surface area contributed by atoms with E-state index in [9.17, 15) is 8.78 Å². The fourth-order valence-electron chi connectivity index (χ4n) is 0.776. The van der Waals surface area contributed by atoms with E-state index in [2.05, 4.69) is 36.8 Å². The Balaban J connectivity index is 3.22. The van der Waals surface area contributed by atoms with Crippen molar-refractivity contribution in [1.29, 1.82) is 0 Å². The zero-order chi connectivity index (χ0) is 10.0. The van der Waals surface area contributed by atoms with Crippen LogP contribution in [0, 0.1) is 3.70 Å². The molecule has 1 aromatic rings. The smallest absolute Gasteiger partial charge is 0.234 e. The third kappa shape index (κ3) is 2.82. The van der Waals surface area contributed by atoms with Crippen LogP contribution in [0.15, 0.2) is 10.7 Å². The van der Waals surface area contributed by atoms with Crippen molar-refractivity contribution in [2.24, 2.45) is 0 Å². The molecule has 0 radical (unpaired) electrons. The lowest BCUT2D eigenvalue weighted by molar-refractivity contribution is 0.150. The van der Waals surface area contributed by atoms with E-state index in [-0.39, 0.29) is 10.2 Å². The van der Waals surface area contributed by atoms with Gasteiger partial charge >= 0.3 is 0 Å². The molecule has 13 heavy (non-hydrogen) atoms. The largest absolute Gasteiger partial charge is 0.266 e. The monoisotopic (exact) mass is 425 g/mol. The topological polar surface area (TPSA) is 12.9 Å². The highest BCUT2D eigenvalue weighted by molar-refractivity contribution is 14.1. The van der Waals surface area contributed by atoms with Gasteiger partial charge in [0.2, 0.25) is 0 Å². The van der Waals surface area contributed by atoms with E-state index < -0.39 is 6.43 Å². The quantitative estimate of drug-likeness (QED) is 0.391. The van der Waals surface area contributed by atoms with Gasteiger partial charge in [-0.3, -0.25) is 0 Å². The second-order valence-corrected chi connectivity index (χ2v) is 4.59. The molecule has 1 heterocycles. The highest BCUT2D eigenvalue weighted by atomic mass is 127. The fraction of sp³-hybridized carbons (Fsp3) is 0.286. The van der Waals surface area contributed by atoms with E-state index in [4.69, 9.17) is 0 Å². The maximum absolute atomic E-state index is 12.4. The van der Waals surface area contributed by atoms with Gasteiger partial charge in [-0.2, -0.15) is 0 Å². The molecule has 72 valence electrons. The minimum absolute atomic E-state index is 0.0603. The zero-order valence-electron chi connectivity index (χ0n) is 6.20. The van der Waals surface area contributed by atoms with Crippen molar-refractivity contribution >= 4 is 54.5 Å². The molecule has 0 saturated heterocycles. The molecule has 0 fully saturated rings. The Morgan fingerprint density at radius 1 is 1.54 bits per heavy atom. The first-order valence-electron chi connectivity index (χ1n) is 3.25. The standard InChI is InChI=1S/C7H4Br2F2IN/c8-2-3-1-4(6(10)11)5(9)13-7(3)12/h1,6H,2H2. The number of aromatic nitrogens is 1. The lowest BCUT2D eigenvalue weighted by atomic mass is 10.2. The van der Waals surface area contributed by atoms with Crippen molar-refractivity contribution in [3.05, 3.63) is 25.5 Å². The summed E-state index contributed by atoms with van der Waals surface area (Å²) in [7, 11) is 0. The minimum atomic E-state index is -2.49. The number of hydrogen-bond donors (Lipinski definition) is 0. The van der Waals surface area contributed by atoms with Gasteiger partial charge in [-0.15, -0.1) is 0 Å². The predicted molar refractivity (Wildman–Crippen MR) is 62.2 cm³/mol. The fourth-order valence-corrected chi connectivity index (χ4v) is 3.11. The number of rotatable bonds is 2. The van der Waals surface area contributed by atoms with Gasteiger partial charge in [-0.05, 0) is 50.2 Å². The maximum atomic E-state index is 12.4. The van der Waals surface area contributed by atoms with Gasteiger partial charge in [0.25, 0.3) is 6.43 Å². The summed E-state index contributed by atoms with van der Waals surface area (Å²) in [5.41, 5.74) is 0.717. The number of halogens is 5. The van der Waals surface area contributed by atoms with Gasteiger partial charge in [0.15, 0.2) is 0 Å². The molecular formula is C7H4Br2F2IN.